The largest absolute Gasteiger partial charge is 0.506 e. The lowest BCUT2D eigenvalue weighted by Crippen LogP contribution is -2.36. The minimum Gasteiger partial charge on any atom is -0.506 e. The molecule has 5 rings (SSSR count). The number of nitrogens with zero attached hydrogens (tertiary/aromatic N) is 1. The summed E-state index contributed by atoms with van der Waals surface area (Å²) in [6.07, 6.45) is 1.31. The van der Waals surface area contributed by atoms with Crippen LogP contribution in [0.2, 0.25) is 0 Å². The van der Waals surface area contributed by atoms with Gasteiger partial charge in [0.1, 0.15) is 11.5 Å². The van der Waals surface area contributed by atoms with Gasteiger partial charge < -0.3 is 19.9 Å². The van der Waals surface area contributed by atoms with Crippen molar-refractivity contribution in [3.05, 3.63) is 117 Å². The van der Waals surface area contributed by atoms with E-state index >= 15 is 0 Å². The Morgan fingerprint density at radius 2 is 1.67 bits per heavy atom. The number of nitrogens with one attached hydrogen (secondary N) is 1. The van der Waals surface area contributed by atoms with Crippen molar-refractivity contribution in [2.24, 2.45) is 0 Å². The molecule has 0 spiro atoms. The number of thiophene rings is 1. The molecule has 0 saturated heterocycles. The zero-order valence-corrected chi connectivity index (χ0v) is 23.9. The van der Waals surface area contributed by atoms with Crippen molar-refractivity contribution in [3.63, 3.8) is 0 Å². The second-order valence-electron chi connectivity index (χ2n) is 9.66. The molecule has 1 aromatic heterocycles. The highest BCUT2D eigenvalue weighted by Gasteiger charge is 2.41. The van der Waals surface area contributed by atoms with Gasteiger partial charge in [0.2, 0.25) is 0 Å². The van der Waals surface area contributed by atoms with Gasteiger partial charge in [-0.1, -0.05) is 48.5 Å². The third kappa shape index (κ3) is 6.43. The Morgan fingerprint density at radius 1 is 0.929 bits per heavy atom. The van der Waals surface area contributed by atoms with Gasteiger partial charge in [0, 0.05) is 42.7 Å². The third-order valence-electron chi connectivity index (χ3n) is 6.73. The molecule has 0 saturated carbocycles. The average molecular weight is 583 g/mol. The zero-order chi connectivity index (χ0) is 29.5. The molecule has 0 atom stereocenters. The summed E-state index contributed by atoms with van der Waals surface area (Å²) in [5.41, 5.74) is 1.84. The third-order valence-corrected chi connectivity index (χ3v) is 7.82. The fourth-order valence-corrected chi connectivity index (χ4v) is 5.64. The molecule has 2 N–H and O–H groups in total. The number of methoxy groups -OCH3 is 1. The molecule has 0 radical (unpaired) electrons. The van der Waals surface area contributed by atoms with Gasteiger partial charge in [-0.05, 0) is 60.9 Å². The van der Waals surface area contributed by atoms with Crippen molar-refractivity contribution >= 4 is 46.3 Å². The number of aliphatic hydroxyl groups is 1. The number of carbonyl (C=O) groups is 3. The second kappa shape index (κ2) is 13.3. The molecule has 3 aromatic carbocycles. The van der Waals surface area contributed by atoms with E-state index < -0.39 is 12.0 Å². The van der Waals surface area contributed by atoms with Crippen molar-refractivity contribution in [3.8, 4) is 5.75 Å². The number of imide groups is 1. The van der Waals surface area contributed by atoms with Crippen LogP contribution in [0.3, 0.4) is 0 Å². The first-order chi connectivity index (χ1) is 20.5. The first-order valence-electron chi connectivity index (χ1n) is 13.6. The minimum atomic E-state index is -0.915. The topological polar surface area (TPSA) is 105 Å². The Hall–Kier alpha value is -4.73. The number of aliphatic hydroxyl groups excluding tert-OH is 1. The maximum Gasteiger partial charge on any atom is 0.426 e. The molecular weight excluding hydrogens is 552 g/mol. The Morgan fingerprint density at radius 3 is 2.40 bits per heavy atom. The Labute approximate surface area is 247 Å². The summed E-state index contributed by atoms with van der Waals surface area (Å²) < 4.78 is 10.5. The molecule has 0 fully saturated rings. The highest BCUT2D eigenvalue weighted by atomic mass is 32.1. The number of amides is 3. The van der Waals surface area contributed by atoms with E-state index in [1.165, 1.54) is 23.5 Å². The fourth-order valence-electron chi connectivity index (χ4n) is 4.65. The SMILES string of the molecule is COCCCCNC(=O)c1ccc2c(c1)C(=C(O)c1ccc(Cc3ccccc3)s1)C(=O)N2C(=O)Oc1ccccc1. The summed E-state index contributed by atoms with van der Waals surface area (Å²) in [6.45, 7) is 1.07. The van der Waals surface area contributed by atoms with Crippen LogP contribution in [0.25, 0.3) is 11.3 Å². The van der Waals surface area contributed by atoms with E-state index in [2.05, 4.69) is 5.32 Å². The van der Waals surface area contributed by atoms with Gasteiger partial charge in [0.05, 0.1) is 16.1 Å². The Bertz CT molecular complexity index is 1610. The van der Waals surface area contributed by atoms with E-state index in [1.54, 1.807) is 49.6 Å². The molecule has 1 aliphatic heterocycles. The number of hydrogen-bond donors (Lipinski definition) is 2. The molecule has 8 nitrogen and oxygen atoms in total. The van der Waals surface area contributed by atoms with Gasteiger partial charge in [0.25, 0.3) is 11.8 Å². The number of rotatable bonds is 10. The molecule has 0 aliphatic carbocycles. The van der Waals surface area contributed by atoms with Crippen LogP contribution in [0.1, 0.15) is 44.1 Å². The smallest absolute Gasteiger partial charge is 0.426 e. The van der Waals surface area contributed by atoms with E-state index in [0.717, 1.165) is 28.2 Å². The quantitative estimate of drug-likeness (QED) is 0.126. The van der Waals surface area contributed by atoms with Crippen molar-refractivity contribution in [1.29, 1.82) is 0 Å². The maximum atomic E-state index is 13.8. The summed E-state index contributed by atoms with van der Waals surface area (Å²) in [4.78, 5) is 42.3. The highest BCUT2D eigenvalue weighted by molar-refractivity contribution is 7.13. The monoisotopic (exact) mass is 582 g/mol. The Kier molecular flexibility index (Phi) is 9.11. The lowest BCUT2D eigenvalue weighted by atomic mass is 10.0. The number of anilines is 1. The number of ether oxygens (including phenoxy) is 2. The van der Waals surface area contributed by atoms with Crippen LogP contribution >= 0.6 is 11.3 Å². The molecule has 1 aliphatic rings. The van der Waals surface area contributed by atoms with Crippen LogP contribution in [-0.4, -0.2) is 43.3 Å². The summed E-state index contributed by atoms with van der Waals surface area (Å²) in [6, 6.07) is 26.6. The Balaban J connectivity index is 1.48. The molecule has 0 unspecified atom stereocenters. The second-order valence-corrected chi connectivity index (χ2v) is 10.8. The van der Waals surface area contributed by atoms with Crippen molar-refractivity contribution < 1.29 is 29.0 Å². The summed E-state index contributed by atoms with van der Waals surface area (Å²) in [7, 11) is 1.63. The molecule has 214 valence electrons. The predicted molar refractivity (Wildman–Crippen MR) is 163 cm³/mol. The number of hydrogen-bond acceptors (Lipinski definition) is 7. The van der Waals surface area contributed by atoms with Crippen LogP contribution < -0.4 is 15.0 Å². The number of carbonyl (C=O) groups excluding carboxylic acids is 3. The first-order valence-corrected chi connectivity index (χ1v) is 14.4. The molecule has 9 heteroatoms. The van der Waals surface area contributed by atoms with Crippen LogP contribution in [0.4, 0.5) is 10.5 Å². The lowest BCUT2D eigenvalue weighted by molar-refractivity contribution is -0.112. The van der Waals surface area contributed by atoms with Gasteiger partial charge in [0.15, 0.2) is 0 Å². The molecule has 4 aromatic rings. The zero-order valence-electron chi connectivity index (χ0n) is 23.0. The molecule has 3 amide bonds. The minimum absolute atomic E-state index is 0.0714. The van der Waals surface area contributed by atoms with E-state index in [-0.39, 0.29) is 34.2 Å². The molecular formula is C33H30N2O6S. The van der Waals surface area contributed by atoms with E-state index in [4.69, 9.17) is 9.47 Å². The summed E-state index contributed by atoms with van der Waals surface area (Å²) >= 11 is 1.36. The van der Waals surface area contributed by atoms with E-state index in [0.29, 0.717) is 30.0 Å². The number of benzene rings is 3. The maximum absolute atomic E-state index is 13.8. The molecule has 2 heterocycles. The number of unbranched alkanes of at least 4 members (excludes halogenated alkanes) is 1. The first kappa shape index (κ1) is 28.8. The fraction of sp³-hybridized carbons (Fsp3) is 0.182. The van der Waals surface area contributed by atoms with Crippen LogP contribution in [0, 0.1) is 0 Å². The van der Waals surface area contributed by atoms with E-state index in [9.17, 15) is 19.5 Å². The van der Waals surface area contributed by atoms with Crippen LogP contribution in [0.5, 0.6) is 5.75 Å². The van der Waals surface area contributed by atoms with Crippen molar-refractivity contribution in [2.45, 2.75) is 19.3 Å². The van der Waals surface area contributed by atoms with E-state index in [1.807, 2.05) is 36.4 Å². The predicted octanol–water partition coefficient (Wildman–Crippen LogP) is 6.47. The number of para-hydroxylation sites is 1. The van der Waals surface area contributed by atoms with Crippen LogP contribution in [-0.2, 0) is 16.0 Å². The van der Waals surface area contributed by atoms with Gasteiger partial charge in [-0.2, -0.15) is 0 Å². The normalized spacial score (nSPS) is 13.5. The summed E-state index contributed by atoms with van der Waals surface area (Å²) in [5.74, 6) is -1.06. The van der Waals surface area contributed by atoms with Gasteiger partial charge >= 0.3 is 6.09 Å². The molecule has 42 heavy (non-hydrogen) atoms. The standard InChI is InChI=1S/C33H30N2O6S/c1-40-19-9-8-18-34-31(37)23-14-16-27-26(21-23)29(32(38)35(27)33(39)41-24-12-6-3-7-13-24)30(36)28-17-15-25(42-28)20-22-10-4-2-5-11-22/h2-7,10-17,21,36H,8-9,18-20H2,1H3,(H,34,37). The van der Waals surface area contributed by atoms with Crippen molar-refractivity contribution in [2.75, 3.05) is 25.2 Å². The van der Waals surface area contributed by atoms with Crippen LogP contribution in [0.15, 0.2) is 91.0 Å². The highest BCUT2D eigenvalue weighted by Crippen LogP contribution is 2.42. The molecule has 0 bridgehead atoms. The number of fused-ring (bicyclic) bond motifs is 1. The van der Waals surface area contributed by atoms with Crippen molar-refractivity contribution in [1.82, 2.24) is 5.32 Å². The van der Waals surface area contributed by atoms with Gasteiger partial charge in [-0.15, -0.1) is 11.3 Å². The van der Waals surface area contributed by atoms with Gasteiger partial charge in [-0.3, -0.25) is 9.59 Å². The van der Waals surface area contributed by atoms with Gasteiger partial charge in [-0.25, -0.2) is 9.69 Å². The summed E-state index contributed by atoms with van der Waals surface area (Å²) in [5, 5.41) is 14.3. The average Bonchev–Trinajstić information content (AvgIpc) is 3.58. The lowest BCUT2D eigenvalue weighted by Gasteiger charge is -2.15.